The van der Waals surface area contributed by atoms with Gasteiger partial charge < -0.3 is 9.64 Å². The summed E-state index contributed by atoms with van der Waals surface area (Å²) in [6, 6.07) is 10.7. The number of alkyl halides is 3. The van der Waals surface area contributed by atoms with Gasteiger partial charge in [0.25, 0.3) is 5.91 Å². The Labute approximate surface area is 171 Å². The lowest BCUT2D eigenvalue weighted by molar-refractivity contribution is -0.137. The molecule has 4 rings (SSSR count). The molecule has 0 N–H and O–H groups in total. The number of hydrogen-bond donors (Lipinski definition) is 0. The van der Waals surface area contributed by atoms with Crippen molar-refractivity contribution in [2.45, 2.75) is 33.0 Å². The third-order valence-corrected chi connectivity index (χ3v) is 5.60. The van der Waals surface area contributed by atoms with Crippen LogP contribution in [0.2, 0.25) is 0 Å². The minimum atomic E-state index is -4.45. The summed E-state index contributed by atoms with van der Waals surface area (Å²) in [4.78, 5) is 22.7. The molecule has 0 spiro atoms. The molecule has 156 valence electrons. The van der Waals surface area contributed by atoms with Gasteiger partial charge in [-0.3, -0.25) is 4.79 Å². The molecule has 5 nitrogen and oxygen atoms in total. The summed E-state index contributed by atoms with van der Waals surface area (Å²) in [5, 5.41) is 0.743. The van der Waals surface area contributed by atoms with E-state index in [1.54, 1.807) is 30.3 Å². The lowest BCUT2D eigenvalue weighted by atomic mass is 9.76. The fourth-order valence-electron chi connectivity index (χ4n) is 3.43. The van der Waals surface area contributed by atoms with E-state index in [9.17, 15) is 18.0 Å². The lowest BCUT2D eigenvalue weighted by Crippen LogP contribution is -2.62. The largest absolute Gasteiger partial charge is 0.439 e. The minimum Gasteiger partial charge on any atom is -0.439 e. The fourth-order valence-corrected chi connectivity index (χ4v) is 3.43. The third-order valence-electron chi connectivity index (χ3n) is 5.60. The first-order valence-corrected chi connectivity index (χ1v) is 9.47. The zero-order chi connectivity index (χ0) is 21.7. The predicted octanol–water partition coefficient (Wildman–Crippen LogP) is 5.31. The van der Waals surface area contributed by atoms with Crippen LogP contribution >= 0.6 is 0 Å². The number of nitrogens with zero attached hydrogens (tertiary/aromatic N) is 3. The molecular weight excluding hydrogens is 395 g/mol. The lowest BCUT2D eigenvalue weighted by Gasteiger charge is -2.52. The molecule has 8 heteroatoms. The summed E-state index contributed by atoms with van der Waals surface area (Å²) < 4.78 is 43.4. The van der Waals surface area contributed by atoms with Gasteiger partial charge >= 0.3 is 6.18 Å². The van der Waals surface area contributed by atoms with Gasteiger partial charge in [-0.15, -0.1) is 0 Å². The number of likely N-dealkylation sites (tertiary alicyclic amines) is 1. The molecule has 1 amide bonds. The van der Waals surface area contributed by atoms with Gasteiger partial charge in [-0.05, 0) is 37.3 Å². The number of ether oxygens (including phenoxy) is 1. The average molecular weight is 415 g/mol. The van der Waals surface area contributed by atoms with Gasteiger partial charge in [0.05, 0.1) is 11.1 Å². The maximum atomic E-state index is 12.7. The van der Waals surface area contributed by atoms with E-state index >= 15 is 0 Å². The molecule has 0 unspecified atom stereocenters. The van der Waals surface area contributed by atoms with Crippen molar-refractivity contribution in [2.24, 2.45) is 5.41 Å². The maximum absolute atomic E-state index is 12.7. The number of aromatic nitrogens is 2. The smallest absolute Gasteiger partial charge is 0.417 e. The van der Waals surface area contributed by atoms with Crippen molar-refractivity contribution < 1.29 is 22.7 Å². The summed E-state index contributed by atoms with van der Waals surface area (Å²) >= 11 is 0. The molecule has 1 aliphatic rings. The average Bonchev–Trinajstić information content (AvgIpc) is 2.70. The second kappa shape index (κ2) is 6.97. The van der Waals surface area contributed by atoms with E-state index in [1.165, 1.54) is 6.07 Å². The molecule has 1 aliphatic heterocycles. The Bertz CT molecular complexity index is 1110. The molecule has 3 aromatic rings. The van der Waals surface area contributed by atoms with Crippen LogP contribution in [-0.2, 0) is 6.18 Å². The molecular formula is C22H20F3N3O2. The Morgan fingerprint density at radius 2 is 1.93 bits per heavy atom. The molecule has 1 aromatic carbocycles. The van der Waals surface area contributed by atoms with Crippen LogP contribution in [0.25, 0.3) is 10.9 Å². The van der Waals surface area contributed by atoms with Gasteiger partial charge in [-0.2, -0.15) is 13.2 Å². The number of benzene rings is 1. The van der Waals surface area contributed by atoms with E-state index in [0.717, 1.165) is 17.6 Å². The van der Waals surface area contributed by atoms with Crippen molar-refractivity contribution >= 4 is 16.8 Å². The van der Waals surface area contributed by atoms with Crippen LogP contribution in [0.5, 0.6) is 11.6 Å². The van der Waals surface area contributed by atoms with Gasteiger partial charge in [0, 0.05) is 35.7 Å². The number of halogens is 3. The van der Waals surface area contributed by atoms with Crippen LogP contribution in [0.15, 0.2) is 48.7 Å². The highest BCUT2D eigenvalue weighted by molar-refractivity contribution is 5.95. The summed E-state index contributed by atoms with van der Waals surface area (Å²) in [5.74, 6) is 0.364. The molecule has 2 aromatic heterocycles. The fraction of sp³-hybridized carbons (Fsp3) is 0.318. The molecule has 1 saturated heterocycles. The molecule has 0 aliphatic carbocycles. The van der Waals surface area contributed by atoms with Gasteiger partial charge in [-0.25, -0.2) is 9.97 Å². The Morgan fingerprint density at radius 1 is 1.17 bits per heavy atom. The van der Waals surface area contributed by atoms with Crippen molar-refractivity contribution in [1.29, 1.82) is 0 Å². The number of hydrogen-bond acceptors (Lipinski definition) is 4. The second-order valence-corrected chi connectivity index (χ2v) is 8.13. The quantitative estimate of drug-likeness (QED) is 0.582. The Morgan fingerprint density at radius 3 is 2.53 bits per heavy atom. The minimum absolute atomic E-state index is 0.0523. The molecule has 1 fully saturated rings. The standard InChI is InChI=1S/C22H20F3N3O2/c1-13-21(2,3)12-28(13)20(29)18-7-4-14-10-16(6-8-17(14)27-18)30-19-9-5-15(11-26-19)22(23,24)25/h4-11,13H,12H2,1-3H3/t13-/m0/s1. The van der Waals surface area contributed by atoms with E-state index in [0.29, 0.717) is 23.5 Å². The number of fused-ring (bicyclic) bond motifs is 1. The van der Waals surface area contributed by atoms with E-state index < -0.39 is 11.7 Å². The van der Waals surface area contributed by atoms with Crippen LogP contribution in [-0.4, -0.2) is 33.4 Å². The Hall–Kier alpha value is -3.16. The zero-order valence-corrected chi connectivity index (χ0v) is 16.7. The Balaban J connectivity index is 1.51. The highest BCUT2D eigenvalue weighted by atomic mass is 19.4. The van der Waals surface area contributed by atoms with Crippen molar-refractivity contribution in [1.82, 2.24) is 14.9 Å². The van der Waals surface area contributed by atoms with E-state index in [-0.39, 0.29) is 23.2 Å². The number of carbonyl (C=O) groups excluding carboxylic acids is 1. The molecule has 0 saturated carbocycles. The SMILES string of the molecule is C[C@@H]1N(C(=O)c2ccc3cc(Oc4ccc(C(F)(F)F)cn4)ccc3n2)CC1(C)C. The van der Waals surface area contributed by atoms with E-state index in [1.807, 2.05) is 11.8 Å². The number of carbonyl (C=O) groups is 1. The predicted molar refractivity (Wildman–Crippen MR) is 105 cm³/mol. The number of amides is 1. The van der Waals surface area contributed by atoms with Crippen molar-refractivity contribution in [2.75, 3.05) is 6.54 Å². The van der Waals surface area contributed by atoms with E-state index in [4.69, 9.17) is 4.74 Å². The first-order chi connectivity index (χ1) is 14.0. The topological polar surface area (TPSA) is 55.3 Å². The molecule has 3 heterocycles. The molecule has 0 radical (unpaired) electrons. The number of pyridine rings is 2. The van der Waals surface area contributed by atoms with Crippen LogP contribution in [0.3, 0.4) is 0 Å². The highest BCUT2D eigenvalue weighted by Gasteiger charge is 2.45. The summed E-state index contributed by atoms with van der Waals surface area (Å²) in [5.41, 5.74) is 0.268. The summed E-state index contributed by atoms with van der Waals surface area (Å²) in [6.07, 6.45) is -3.72. The van der Waals surface area contributed by atoms with Crippen molar-refractivity contribution in [3.05, 3.63) is 59.9 Å². The van der Waals surface area contributed by atoms with Gasteiger partial charge in [0.2, 0.25) is 5.88 Å². The van der Waals surface area contributed by atoms with E-state index in [2.05, 4.69) is 23.8 Å². The monoisotopic (exact) mass is 415 g/mol. The first kappa shape index (κ1) is 20.1. The van der Waals surface area contributed by atoms with Gasteiger partial charge in [0.15, 0.2) is 0 Å². The van der Waals surface area contributed by atoms with Crippen LogP contribution in [0.1, 0.15) is 36.8 Å². The summed E-state index contributed by atoms with van der Waals surface area (Å²) in [6.45, 7) is 6.98. The zero-order valence-electron chi connectivity index (χ0n) is 16.7. The van der Waals surface area contributed by atoms with Crippen LogP contribution < -0.4 is 4.74 Å². The van der Waals surface area contributed by atoms with Crippen molar-refractivity contribution in [3.8, 4) is 11.6 Å². The van der Waals surface area contributed by atoms with Crippen molar-refractivity contribution in [3.63, 3.8) is 0 Å². The van der Waals surface area contributed by atoms with Gasteiger partial charge in [0.1, 0.15) is 11.4 Å². The highest BCUT2D eigenvalue weighted by Crippen LogP contribution is 2.37. The normalized spacial score (nSPS) is 18.2. The first-order valence-electron chi connectivity index (χ1n) is 9.47. The number of rotatable bonds is 3. The molecule has 30 heavy (non-hydrogen) atoms. The maximum Gasteiger partial charge on any atom is 0.417 e. The molecule has 1 atom stereocenters. The summed E-state index contributed by atoms with van der Waals surface area (Å²) in [7, 11) is 0. The third kappa shape index (κ3) is 3.69. The van der Waals surface area contributed by atoms with Crippen LogP contribution in [0, 0.1) is 5.41 Å². The second-order valence-electron chi connectivity index (χ2n) is 8.13. The van der Waals surface area contributed by atoms with Crippen LogP contribution in [0.4, 0.5) is 13.2 Å². The molecule has 0 bridgehead atoms. The van der Waals surface area contributed by atoms with Gasteiger partial charge in [-0.1, -0.05) is 19.9 Å². The Kier molecular flexibility index (Phi) is 4.67.